The molecule has 0 aliphatic carbocycles. The molecule has 0 aliphatic rings. The minimum absolute atomic E-state index is 0.0753. The van der Waals surface area contributed by atoms with Crippen molar-refractivity contribution in [1.82, 2.24) is 0 Å². The third kappa shape index (κ3) is 3.36. The second-order valence-corrected chi connectivity index (χ2v) is 3.63. The van der Waals surface area contributed by atoms with Gasteiger partial charge in [-0.1, -0.05) is 0 Å². The van der Waals surface area contributed by atoms with Crippen molar-refractivity contribution in [3.63, 3.8) is 0 Å². The van der Waals surface area contributed by atoms with Crippen LogP contribution in [0.15, 0.2) is 18.2 Å². The average Bonchev–Trinajstić information content (AvgIpc) is 2.14. The van der Waals surface area contributed by atoms with E-state index in [4.69, 9.17) is 5.73 Å². The first-order valence-electron chi connectivity index (χ1n) is 4.57. The molecule has 17 heavy (non-hydrogen) atoms. The predicted molar refractivity (Wildman–Crippen MR) is 49.0 cm³/mol. The second kappa shape index (κ2) is 4.21. The van der Waals surface area contributed by atoms with Crippen LogP contribution in [-0.4, -0.2) is 0 Å². The van der Waals surface area contributed by atoms with Crippen molar-refractivity contribution in [2.75, 3.05) is 0 Å². The Labute approximate surface area is 93.2 Å². The van der Waals surface area contributed by atoms with Crippen LogP contribution in [0.1, 0.15) is 29.7 Å². The Hall–Kier alpha value is -1.24. The molecule has 0 aromatic heterocycles. The third-order valence-corrected chi connectivity index (χ3v) is 2.14. The molecule has 1 atom stereocenters. The minimum Gasteiger partial charge on any atom is -0.324 e. The summed E-state index contributed by atoms with van der Waals surface area (Å²) in [6, 6.07) is 0.421. The van der Waals surface area contributed by atoms with Crippen molar-refractivity contribution in [2.24, 2.45) is 5.73 Å². The maximum absolute atomic E-state index is 12.4. The fourth-order valence-electron chi connectivity index (χ4n) is 1.24. The lowest BCUT2D eigenvalue weighted by atomic mass is 10.0. The normalized spacial score (nSPS) is 14.8. The standard InChI is InChI=1S/C10H9F6N/c1-5(17)6-2-7(9(11,12)13)4-8(3-6)10(14,15)16/h2-5H,17H2,1H3/t5-/m0/s1. The van der Waals surface area contributed by atoms with Crippen LogP contribution in [-0.2, 0) is 12.4 Å². The SMILES string of the molecule is C[C@H](N)c1cc(C(F)(F)F)cc(C(F)(F)F)c1. The van der Waals surface area contributed by atoms with Crippen molar-refractivity contribution < 1.29 is 26.3 Å². The summed E-state index contributed by atoms with van der Waals surface area (Å²) >= 11 is 0. The van der Waals surface area contributed by atoms with E-state index in [9.17, 15) is 26.3 Å². The largest absolute Gasteiger partial charge is 0.416 e. The van der Waals surface area contributed by atoms with Crippen LogP contribution < -0.4 is 5.73 Å². The van der Waals surface area contributed by atoms with Crippen molar-refractivity contribution in [3.05, 3.63) is 34.9 Å². The van der Waals surface area contributed by atoms with E-state index in [1.54, 1.807) is 0 Å². The monoisotopic (exact) mass is 257 g/mol. The molecular weight excluding hydrogens is 248 g/mol. The molecular formula is C10H9F6N. The van der Waals surface area contributed by atoms with Gasteiger partial charge in [0.1, 0.15) is 0 Å². The second-order valence-electron chi connectivity index (χ2n) is 3.63. The molecule has 0 heterocycles. The predicted octanol–water partition coefficient (Wildman–Crippen LogP) is 3.74. The molecule has 0 aliphatic heterocycles. The fraction of sp³-hybridized carbons (Fsp3) is 0.400. The van der Waals surface area contributed by atoms with Crippen molar-refractivity contribution >= 4 is 0 Å². The molecule has 7 heteroatoms. The average molecular weight is 257 g/mol. The van der Waals surface area contributed by atoms with Gasteiger partial charge in [-0.3, -0.25) is 0 Å². The summed E-state index contributed by atoms with van der Waals surface area (Å²) in [5.74, 6) is 0. The van der Waals surface area contributed by atoms with E-state index in [0.717, 1.165) is 0 Å². The number of hydrogen-bond acceptors (Lipinski definition) is 1. The van der Waals surface area contributed by atoms with Gasteiger partial charge in [0.05, 0.1) is 11.1 Å². The first-order chi connectivity index (χ1) is 7.51. The number of nitrogens with two attached hydrogens (primary N) is 1. The smallest absolute Gasteiger partial charge is 0.324 e. The molecule has 0 radical (unpaired) electrons. The summed E-state index contributed by atoms with van der Waals surface area (Å²) in [5.41, 5.74) is 2.41. The summed E-state index contributed by atoms with van der Waals surface area (Å²) in [7, 11) is 0. The zero-order chi connectivity index (χ0) is 13.4. The summed E-state index contributed by atoms with van der Waals surface area (Å²) in [6.07, 6.45) is -9.66. The zero-order valence-electron chi connectivity index (χ0n) is 8.65. The van der Waals surface area contributed by atoms with Crippen LogP contribution in [0.25, 0.3) is 0 Å². The van der Waals surface area contributed by atoms with Gasteiger partial charge in [-0.05, 0) is 30.7 Å². The van der Waals surface area contributed by atoms with Gasteiger partial charge < -0.3 is 5.73 Å². The molecule has 0 spiro atoms. The van der Waals surface area contributed by atoms with E-state index in [0.29, 0.717) is 12.1 Å². The number of halogens is 6. The number of hydrogen-bond donors (Lipinski definition) is 1. The Morgan fingerprint density at radius 2 is 1.24 bits per heavy atom. The first-order valence-corrected chi connectivity index (χ1v) is 4.57. The van der Waals surface area contributed by atoms with Crippen LogP contribution >= 0.6 is 0 Å². The highest BCUT2D eigenvalue weighted by atomic mass is 19.4. The van der Waals surface area contributed by atoms with E-state index in [1.807, 2.05) is 0 Å². The Kier molecular flexibility index (Phi) is 3.42. The number of rotatable bonds is 1. The fourth-order valence-corrected chi connectivity index (χ4v) is 1.24. The van der Waals surface area contributed by atoms with E-state index in [1.165, 1.54) is 6.92 Å². The maximum Gasteiger partial charge on any atom is 0.416 e. The Morgan fingerprint density at radius 1 is 0.882 bits per heavy atom. The lowest BCUT2D eigenvalue weighted by Gasteiger charge is -2.15. The molecule has 0 unspecified atom stereocenters. The lowest BCUT2D eigenvalue weighted by Crippen LogP contribution is -2.14. The van der Waals surface area contributed by atoms with Gasteiger partial charge in [-0.15, -0.1) is 0 Å². The number of benzene rings is 1. The highest BCUT2D eigenvalue weighted by molar-refractivity contribution is 5.34. The summed E-state index contributed by atoms with van der Waals surface area (Å²) in [5, 5.41) is 0. The van der Waals surface area contributed by atoms with E-state index >= 15 is 0 Å². The van der Waals surface area contributed by atoms with Gasteiger partial charge in [-0.2, -0.15) is 26.3 Å². The molecule has 1 rings (SSSR count). The molecule has 0 bridgehead atoms. The maximum atomic E-state index is 12.4. The third-order valence-electron chi connectivity index (χ3n) is 2.14. The van der Waals surface area contributed by atoms with Crippen molar-refractivity contribution in [2.45, 2.75) is 25.3 Å². The summed E-state index contributed by atoms with van der Waals surface area (Å²) in [4.78, 5) is 0. The van der Waals surface area contributed by atoms with Crippen molar-refractivity contribution in [1.29, 1.82) is 0 Å². The van der Waals surface area contributed by atoms with Crippen LogP contribution in [0.3, 0.4) is 0 Å². The van der Waals surface area contributed by atoms with Crippen LogP contribution in [0, 0.1) is 0 Å². The van der Waals surface area contributed by atoms with E-state index in [-0.39, 0.29) is 11.6 Å². The Balaban J connectivity index is 3.40. The van der Waals surface area contributed by atoms with Crippen LogP contribution in [0.2, 0.25) is 0 Å². The highest BCUT2D eigenvalue weighted by Gasteiger charge is 2.37. The van der Waals surface area contributed by atoms with Gasteiger partial charge in [0, 0.05) is 6.04 Å². The highest BCUT2D eigenvalue weighted by Crippen LogP contribution is 2.37. The van der Waals surface area contributed by atoms with E-state index < -0.39 is 29.5 Å². The Bertz CT molecular complexity index is 372. The molecule has 0 saturated heterocycles. The molecule has 1 aromatic rings. The van der Waals surface area contributed by atoms with Gasteiger partial charge in [0.25, 0.3) is 0 Å². The van der Waals surface area contributed by atoms with Crippen molar-refractivity contribution in [3.8, 4) is 0 Å². The molecule has 2 N–H and O–H groups in total. The van der Waals surface area contributed by atoms with E-state index in [2.05, 4.69) is 0 Å². The van der Waals surface area contributed by atoms with Gasteiger partial charge >= 0.3 is 12.4 Å². The molecule has 96 valence electrons. The lowest BCUT2D eigenvalue weighted by molar-refractivity contribution is -0.143. The molecule has 0 saturated carbocycles. The van der Waals surface area contributed by atoms with Gasteiger partial charge in [0.2, 0.25) is 0 Å². The van der Waals surface area contributed by atoms with Gasteiger partial charge in [-0.25, -0.2) is 0 Å². The topological polar surface area (TPSA) is 26.0 Å². The minimum atomic E-state index is -4.83. The van der Waals surface area contributed by atoms with Crippen LogP contribution in [0.4, 0.5) is 26.3 Å². The molecule has 1 nitrogen and oxygen atoms in total. The first kappa shape index (κ1) is 13.8. The molecule has 0 fully saturated rings. The van der Waals surface area contributed by atoms with Gasteiger partial charge in [0.15, 0.2) is 0 Å². The zero-order valence-corrected chi connectivity index (χ0v) is 8.65. The molecule has 1 aromatic carbocycles. The van der Waals surface area contributed by atoms with Crippen LogP contribution in [0.5, 0.6) is 0 Å². The number of alkyl halides is 6. The Morgan fingerprint density at radius 3 is 1.47 bits per heavy atom. The summed E-state index contributed by atoms with van der Waals surface area (Å²) in [6.45, 7) is 1.32. The molecule has 0 amide bonds. The quantitative estimate of drug-likeness (QED) is 0.762. The summed E-state index contributed by atoms with van der Waals surface area (Å²) < 4.78 is 74.3.